The second-order valence-corrected chi connectivity index (χ2v) is 11.1. The normalized spacial score (nSPS) is 16.2. The Morgan fingerprint density at radius 2 is 1.91 bits per heavy atom. The van der Waals surface area contributed by atoms with Crippen LogP contribution in [0.3, 0.4) is 0 Å². The molecule has 2 aromatic carbocycles. The Balaban J connectivity index is 1.51. The molecule has 2 unspecified atom stereocenters. The maximum atomic E-state index is 13.1. The highest BCUT2D eigenvalue weighted by molar-refractivity contribution is 7.80. The lowest BCUT2D eigenvalue weighted by atomic mass is 9.96. The third-order valence-electron chi connectivity index (χ3n) is 7.85. The number of hydrogen-bond acceptors (Lipinski definition) is 6. The molecule has 1 saturated heterocycles. The predicted molar refractivity (Wildman–Crippen MR) is 170 cm³/mol. The number of aromatic nitrogens is 2. The average molecular weight is 599 g/mol. The second-order valence-electron chi connectivity index (χ2n) is 10.7. The molecular weight excluding hydrogens is 564 g/mol. The highest BCUT2D eigenvalue weighted by atomic mass is 32.1. The molecule has 1 amide bonds. The summed E-state index contributed by atoms with van der Waals surface area (Å²) in [5.74, 6) is 0.292. The summed E-state index contributed by atoms with van der Waals surface area (Å²) in [4.78, 5) is 31.4. The van der Waals surface area contributed by atoms with Crippen LogP contribution in [0.15, 0.2) is 66.9 Å². The maximum Gasteiger partial charge on any atom is 0.296 e. The van der Waals surface area contributed by atoms with E-state index in [-0.39, 0.29) is 30.1 Å². The minimum Gasteiger partial charge on any atom is -0.496 e. The molecule has 2 aromatic heterocycles. The third-order valence-corrected chi connectivity index (χ3v) is 8.21. The van der Waals surface area contributed by atoms with Crippen molar-refractivity contribution >= 4 is 34.6 Å². The molecule has 2 atom stereocenters. The lowest BCUT2D eigenvalue weighted by Gasteiger charge is -2.28. The van der Waals surface area contributed by atoms with Crippen LogP contribution in [0.1, 0.15) is 52.3 Å². The van der Waals surface area contributed by atoms with E-state index in [0.29, 0.717) is 23.1 Å². The molecule has 43 heavy (non-hydrogen) atoms. The maximum absolute atomic E-state index is 13.1. The minimum atomic E-state index is -0.403. The molecule has 5 rings (SSSR count). The molecule has 4 aromatic rings. The summed E-state index contributed by atoms with van der Waals surface area (Å²) in [6, 6.07) is 17.9. The van der Waals surface area contributed by atoms with Gasteiger partial charge in [0.05, 0.1) is 35.9 Å². The number of rotatable bonds is 9. The number of carbonyl (C=O) groups excluding carboxylic acids is 1. The smallest absolute Gasteiger partial charge is 0.296 e. The first kappa shape index (κ1) is 29.7. The third kappa shape index (κ3) is 5.94. The molecule has 0 aliphatic carbocycles. The summed E-state index contributed by atoms with van der Waals surface area (Å²) in [5, 5.41) is 19.0. The zero-order valence-corrected chi connectivity index (χ0v) is 25.6. The van der Waals surface area contributed by atoms with Gasteiger partial charge in [-0.05, 0) is 93.0 Å². The molecular formula is C32H34N6O4S. The number of pyridine rings is 1. The summed E-state index contributed by atoms with van der Waals surface area (Å²) in [5.41, 5.74) is 6.61. The van der Waals surface area contributed by atoms with Crippen molar-refractivity contribution in [1.82, 2.24) is 19.8 Å². The molecule has 11 heteroatoms. The zero-order chi connectivity index (χ0) is 30.8. The number of anilines is 1. The number of ether oxygens (including phenoxy) is 1. The van der Waals surface area contributed by atoms with Crippen molar-refractivity contribution in [3.63, 3.8) is 0 Å². The van der Waals surface area contributed by atoms with Gasteiger partial charge in [-0.1, -0.05) is 18.2 Å². The van der Waals surface area contributed by atoms with Crippen molar-refractivity contribution in [1.29, 1.82) is 0 Å². The fourth-order valence-corrected chi connectivity index (χ4v) is 6.05. The number of carbonyl (C=O) groups is 1. The van der Waals surface area contributed by atoms with Crippen LogP contribution in [0.25, 0.3) is 5.69 Å². The number of methoxy groups -OCH3 is 1. The van der Waals surface area contributed by atoms with E-state index in [4.69, 9.17) is 17.0 Å². The van der Waals surface area contributed by atoms with Crippen molar-refractivity contribution in [2.45, 2.75) is 46.2 Å². The SMILES string of the molecule is COc1ccc(-n2c(C)cc(C3C(c4ccccn4)NC(=S)N3CCC(=O)Nc3cc(C)ccc3C)c2C)c([N+](=O)[O-])c1. The second kappa shape index (κ2) is 12.2. The van der Waals surface area contributed by atoms with Gasteiger partial charge in [0.15, 0.2) is 5.11 Å². The van der Waals surface area contributed by atoms with Gasteiger partial charge in [0.25, 0.3) is 5.69 Å². The van der Waals surface area contributed by atoms with Gasteiger partial charge in [0.1, 0.15) is 11.4 Å². The van der Waals surface area contributed by atoms with Gasteiger partial charge in [-0.2, -0.15) is 0 Å². The number of nitro groups is 1. The molecule has 1 aliphatic heterocycles. The summed E-state index contributed by atoms with van der Waals surface area (Å²) in [6.07, 6.45) is 1.95. The lowest BCUT2D eigenvalue weighted by molar-refractivity contribution is -0.384. The van der Waals surface area contributed by atoms with E-state index in [2.05, 4.69) is 15.6 Å². The van der Waals surface area contributed by atoms with Gasteiger partial charge >= 0.3 is 0 Å². The van der Waals surface area contributed by atoms with E-state index < -0.39 is 4.92 Å². The molecule has 0 bridgehead atoms. The Bertz CT molecular complexity index is 1700. The first-order valence-electron chi connectivity index (χ1n) is 14.0. The topological polar surface area (TPSA) is 115 Å². The number of benzene rings is 2. The van der Waals surface area contributed by atoms with Gasteiger partial charge in [-0.15, -0.1) is 0 Å². The number of nitro benzene ring substituents is 1. The van der Waals surface area contributed by atoms with Crippen LogP contribution in [-0.2, 0) is 4.79 Å². The molecule has 1 fully saturated rings. The molecule has 0 radical (unpaired) electrons. The van der Waals surface area contributed by atoms with Gasteiger partial charge in [-0.25, -0.2) is 0 Å². The summed E-state index contributed by atoms with van der Waals surface area (Å²) < 4.78 is 7.13. The highest BCUT2D eigenvalue weighted by Crippen LogP contribution is 2.42. The Labute approximate surface area is 255 Å². The molecule has 0 saturated carbocycles. The summed E-state index contributed by atoms with van der Waals surface area (Å²) in [6.45, 7) is 8.18. The fraction of sp³-hybridized carbons (Fsp3) is 0.281. The van der Waals surface area contributed by atoms with Crippen LogP contribution >= 0.6 is 12.2 Å². The van der Waals surface area contributed by atoms with Gasteiger partial charge in [0, 0.05) is 36.2 Å². The van der Waals surface area contributed by atoms with Crippen molar-refractivity contribution < 1.29 is 14.5 Å². The lowest BCUT2D eigenvalue weighted by Crippen LogP contribution is -2.33. The predicted octanol–water partition coefficient (Wildman–Crippen LogP) is 6.02. The number of aryl methyl sites for hydroxylation is 3. The van der Waals surface area contributed by atoms with E-state index in [1.165, 1.54) is 13.2 Å². The van der Waals surface area contributed by atoms with E-state index in [1.54, 1.807) is 18.3 Å². The van der Waals surface area contributed by atoms with Gasteiger partial charge < -0.3 is 24.8 Å². The van der Waals surface area contributed by atoms with E-state index in [1.807, 2.05) is 79.6 Å². The van der Waals surface area contributed by atoms with Crippen molar-refractivity contribution in [3.05, 3.63) is 111 Å². The van der Waals surface area contributed by atoms with Gasteiger partial charge in [-0.3, -0.25) is 19.9 Å². The molecule has 0 spiro atoms. The van der Waals surface area contributed by atoms with E-state index >= 15 is 0 Å². The Morgan fingerprint density at radius 3 is 2.60 bits per heavy atom. The van der Waals surface area contributed by atoms with Gasteiger partial charge in [0.2, 0.25) is 5.91 Å². The van der Waals surface area contributed by atoms with Crippen LogP contribution in [-0.4, -0.2) is 44.0 Å². The number of nitrogens with one attached hydrogen (secondary N) is 2. The quantitative estimate of drug-likeness (QED) is 0.137. The van der Waals surface area contributed by atoms with Crippen LogP contribution in [0.5, 0.6) is 5.75 Å². The summed E-state index contributed by atoms with van der Waals surface area (Å²) in [7, 11) is 1.48. The van der Waals surface area contributed by atoms with E-state index in [0.717, 1.165) is 39.5 Å². The summed E-state index contributed by atoms with van der Waals surface area (Å²) >= 11 is 5.82. The van der Waals surface area contributed by atoms with Crippen LogP contribution < -0.4 is 15.4 Å². The largest absolute Gasteiger partial charge is 0.496 e. The minimum absolute atomic E-state index is 0.0611. The first-order chi connectivity index (χ1) is 20.6. The average Bonchev–Trinajstić information content (AvgIpc) is 3.47. The Kier molecular flexibility index (Phi) is 8.45. The Hall–Kier alpha value is -4.77. The molecule has 222 valence electrons. The number of hydrogen-bond donors (Lipinski definition) is 2. The molecule has 10 nitrogen and oxygen atoms in total. The fourth-order valence-electron chi connectivity index (χ4n) is 5.71. The zero-order valence-electron chi connectivity index (χ0n) is 24.7. The number of amides is 1. The first-order valence-corrected chi connectivity index (χ1v) is 14.4. The van der Waals surface area contributed by atoms with Crippen molar-refractivity contribution in [3.8, 4) is 11.4 Å². The monoisotopic (exact) mass is 598 g/mol. The highest BCUT2D eigenvalue weighted by Gasteiger charge is 2.41. The number of nitrogens with zero attached hydrogens (tertiary/aromatic N) is 4. The number of thiocarbonyl (C=S) groups is 1. The Morgan fingerprint density at radius 1 is 1.12 bits per heavy atom. The van der Waals surface area contributed by atoms with Crippen LogP contribution in [0.4, 0.5) is 11.4 Å². The molecule has 1 aliphatic rings. The van der Waals surface area contributed by atoms with Crippen LogP contribution in [0.2, 0.25) is 0 Å². The molecule has 3 heterocycles. The van der Waals surface area contributed by atoms with Crippen molar-refractivity contribution in [2.75, 3.05) is 19.0 Å². The standard InChI is InChI=1S/C32H34N6O4S/c1-19-9-10-20(2)26(16-19)34-29(39)13-15-36-31(30(35-32(36)43)25-8-6-7-14-33-25)24-17-21(3)37(22(24)4)27-12-11-23(42-5)18-28(27)38(40)41/h6-12,14,16-18,30-31H,13,15H2,1-5H3,(H,34,39)(H,35,43). The van der Waals surface area contributed by atoms with E-state index in [9.17, 15) is 14.9 Å². The molecule has 2 N–H and O–H groups in total. The van der Waals surface area contributed by atoms with Crippen molar-refractivity contribution in [2.24, 2.45) is 0 Å². The van der Waals surface area contributed by atoms with Crippen LogP contribution in [0, 0.1) is 37.8 Å².